The van der Waals surface area contributed by atoms with E-state index >= 15 is 0 Å². The summed E-state index contributed by atoms with van der Waals surface area (Å²) >= 11 is 6.16. The molecule has 0 saturated carbocycles. The third-order valence-electron chi connectivity index (χ3n) is 3.06. The van der Waals surface area contributed by atoms with Gasteiger partial charge in [-0.15, -0.1) is 0 Å². The van der Waals surface area contributed by atoms with Gasteiger partial charge in [0.25, 0.3) is 0 Å². The molecule has 2 rings (SSSR count). The molecule has 1 atom stereocenters. The zero-order valence-corrected chi connectivity index (χ0v) is 11.5. The summed E-state index contributed by atoms with van der Waals surface area (Å²) in [4.78, 5) is 0. The summed E-state index contributed by atoms with van der Waals surface area (Å²) < 4.78 is 1.78. The molecule has 0 aliphatic rings. The first-order valence-electron chi connectivity index (χ1n) is 5.75. The number of aromatic nitrogens is 2. The molecule has 0 radical (unpaired) electrons. The van der Waals surface area contributed by atoms with E-state index in [4.69, 9.17) is 17.4 Å². The molecule has 4 nitrogen and oxygen atoms in total. The molecule has 0 fully saturated rings. The van der Waals surface area contributed by atoms with Crippen molar-refractivity contribution in [1.29, 1.82) is 0 Å². The molecular formula is C13H17ClN4. The van der Waals surface area contributed by atoms with Crippen molar-refractivity contribution in [3.63, 3.8) is 0 Å². The average molecular weight is 265 g/mol. The molecule has 2 aromatic rings. The number of rotatable bonds is 3. The molecule has 1 aromatic heterocycles. The van der Waals surface area contributed by atoms with Crippen LogP contribution in [0.2, 0.25) is 5.02 Å². The smallest absolute Gasteiger partial charge is 0.0743 e. The molecule has 3 N–H and O–H groups in total. The van der Waals surface area contributed by atoms with E-state index in [1.807, 2.05) is 45.3 Å². The van der Waals surface area contributed by atoms with Gasteiger partial charge in [-0.1, -0.05) is 23.7 Å². The number of benzene rings is 1. The Labute approximate surface area is 112 Å². The van der Waals surface area contributed by atoms with E-state index < -0.39 is 0 Å². The van der Waals surface area contributed by atoms with Crippen molar-refractivity contribution in [1.82, 2.24) is 15.2 Å². The summed E-state index contributed by atoms with van der Waals surface area (Å²) in [7, 11) is 1.90. The van der Waals surface area contributed by atoms with E-state index in [1.54, 1.807) is 4.68 Å². The van der Waals surface area contributed by atoms with Crippen molar-refractivity contribution in [3.8, 4) is 0 Å². The van der Waals surface area contributed by atoms with E-state index in [-0.39, 0.29) is 6.04 Å². The maximum atomic E-state index is 6.16. The fourth-order valence-electron chi connectivity index (χ4n) is 2.06. The second-order valence-electron chi connectivity index (χ2n) is 4.45. The molecule has 0 aliphatic heterocycles. The summed E-state index contributed by atoms with van der Waals surface area (Å²) in [6.07, 6.45) is 1.97. The van der Waals surface area contributed by atoms with E-state index in [0.717, 1.165) is 27.4 Å². The van der Waals surface area contributed by atoms with Gasteiger partial charge in [-0.05, 0) is 31.0 Å². The lowest BCUT2D eigenvalue weighted by molar-refractivity contribution is 0.633. The predicted octanol–water partition coefficient (Wildman–Crippen LogP) is 2.24. The fraction of sp³-hybridized carbons (Fsp3) is 0.308. The molecule has 0 amide bonds. The number of hydrogen-bond donors (Lipinski definition) is 2. The second-order valence-corrected chi connectivity index (χ2v) is 4.86. The molecule has 96 valence electrons. The van der Waals surface area contributed by atoms with Crippen molar-refractivity contribution in [2.24, 2.45) is 12.9 Å². The van der Waals surface area contributed by atoms with Crippen LogP contribution in [0.5, 0.6) is 0 Å². The summed E-state index contributed by atoms with van der Waals surface area (Å²) in [6, 6.07) is 5.86. The Balaban J connectivity index is 2.45. The standard InChI is InChI=1S/C13H17ClN4/c1-8-4-5-10(6-12(8)14)13(16-15)11-7-18(3)17-9(11)2/h4-7,13,16H,15H2,1-3H3. The van der Waals surface area contributed by atoms with Gasteiger partial charge in [0.1, 0.15) is 0 Å². The lowest BCUT2D eigenvalue weighted by Crippen LogP contribution is -2.29. The zero-order valence-electron chi connectivity index (χ0n) is 10.7. The van der Waals surface area contributed by atoms with Gasteiger partial charge in [-0.3, -0.25) is 10.5 Å². The lowest BCUT2D eigenvalue weighted by atomic mass is 9.99. The Morgan fingerprint density at radius 1 is 1.39 bits per heavy atom. The summed E-state index contributed by atoms with van der Waals surface area (Å²) in [6.45, 7) is 3.95. The Morgan fingerprint density at radius 2 is 2.11 bits per heavy atom. The summed E-state index contributed by atoms with van der Waals surface area (Å²) in [5.41, 5.74) is 6.92. The van der Waals surface area contributed by atoms with Crippen molar-refractivity contribution in [2.75, 3.05) is 0 Å². The van der Waals surface area contributed by atoms with Crippen LogP contribution in [0.15, 0.2) is 24.4 Å². The Morgan fingerprint density at radius 3 is 2.61 bits per heavy atom. The molecule has 0 spiro atoms. The maximum absolute atomic E-state index is 6.16. The number of nitrogens with zero attached hydrogens (tertiary/aromatic N) is 2. The first-order valence-corrected chi connectivity index (χ1v) is 6.13. The molecule has 18 heavy (non-hydrogen) atoms. The molecule has 5 heteroatoms. The lowest BCUT2D eigenvalue weighted by Gasteiger charge is -2.16. The zero-order chi connectivity index (χ0) is 13.3. The number of halogens is 1. The topological polar surface area (TPSA) is 55.9 Å². The molecule has 1 heterocycles. The highest BCUT2D eigenvalue weighted by molar-refractivity contribution is 6.31. The van der Waals surface area contributed by atoms with E-state index in [9.17, 15) is 0 Å². The van der Waals surface area contributed by atoms with Gasteiger partial charge >= 0.3 is 0 Å². The highest BCUT2D eigenvalue weighted by atomic mass is 35.5. The number of hydrazine groups is 1. The van der Waals surface area contributed by atoms with Gasteiger partial charge in [-0.25, -0.2) is 5.43 Å². The number of hydrogen-bond acceptors (Lipinski definition) is 3. The molecule has 0 saturated heterocycles. The fourth-order valence-corrected chi connectivity index (χ4v) is 2.24. The summed E-state index contributed by atoms with van der Waals surface area (Å²) in [5.74, 6) is 5.67. The largest absolute Gasteiger partial charge is 0.275 e. The van der Waals surface area contributed by atoms with Gasteiger partial charge in [0.05, 0.1) is 11.7 Å². The van der Waals surface area contributed by atoms with Crippen molar-refractivity contribution < 1.29 is 0 Å². The Bertz CT molecular complexity index is 562. The van der Waals surface area contributed by atoms with Crippen LogP contribution >= 0.6 is 11.6 Å². The average Bonchev–Trinajstić information content (AvgIpc) is 2.64. The van der Waals surface area contributed by atoms with Crippen LogP contribution in [0.1, 0.15) is 28.4 Å². The normalized spacial score (nSPS) is 12.7. The third-order valence-corrected chi connectivity index (χ3v) is 3.47. The van der Waals surface area contributed by atoms with Crippen LogP contribution in [0.25, 0.3) is 0 Å². The molecular weight excluding hydrogens is 248 g/mol. The molecule has 1 unspecified atom stereocenters. The van der Waals surface area contributed by atoms with E-state index in [2.05, 4.69) is 10.5 Å². The van der Waals surface area contributed by atoms with Gasteiger partial charge in [-0.2, -0.15) is 5.10 Å². The number of nitrogens with two attached hydrogens (primary N) is 1. The molecule has 1 aromatic carbocycles. The predicted molar refractivity (Wildman–Crippen MR) is 73.3 cm³/mol. The Kier molecular flexibility index (Phi) is 3.71. The van der Waals surface area contributed by atoms with Crippen LogP contribution in [0, 0.1) is 13.8 Å². The Hall–Kier alpha value is -1.36. The minimum atomic E-state index is -0.100. The van der Waals surface area contributed by atoms with E-state index in [1.165, 1.54) is 0 Å². The highest BCUT2D eigenvalue weighted by Crippen LogP contribution is 2.27. The number of nitrogens with one attached hydrogen (secondary N) is 1. The molecule has 0 aliphatic carbocycles. The SMILES string of the molecule is Cc1ccc(C(NN)c2cn(C)nc2C)cc1Cl. The van der Waals surface area contributed by atoms with Crippen molar-refractivity contribution in [3.05, 3.63) is 51.8 Å². The van der Waals surface area contributed by atoms with Crippen molar-refractivity contribution >= 4 is 11.6 Å². The quantitative estimate of drug-likeness (QED) is 0.660. The van der Waals surface area contributed by atoms with Gasteiger partial charge in [0, 0.05) is 23.8 Å². The van der Waals surface area contributed by atoms with Crippen LogP contribution in [-0.2, 0) is 7.05 Å². The first kappa shape index (κ1) is 13.1. The monoisotopic (exact) mass is 264 g/mol. The minimum absolute atomic E-state index is 0.100. The second kappa shape index (κ2) is 5.10. The van der Waals surface area contributed by atoms with Crippen LogP contribution in [0.4, 0.5) is 0 Å². The maximum Gasteiger partial charge on any atom is 0.0743 e. The van der Waals surface area contributed by atoms with Crippen LogP contribution in [0.3, 0.4) is 0 Å². The van der Waals surface area contributed by atoms with Gasteiger partial charge in [0.15, 0.2) is 0 Å². The van der Waals surface area contributed by atoms with Gasteiger partial charge < -0.3 is 0 Å². The molecule has 0 bridgehead atoms. The van der Waals surface area contributed by atoms with E-state index in [0.29, 0.717) is 0 Å². The first-order chi connectivity index (χ1) is 8.52. The summed E-state index contributed by atoms with van der Waals surface area (Å²) in [5, 5.41) is 5.08. The van der Waals surface area contributed by atoms with Crippen LogP contribution in [-0.4, -0.2) is 9.78 Å². The van der Waals surface area contributed by atoms with Crippen LogP contribution < -0.4 is 11.3 Å². The van der Waals surface area contributed by atoms with Gasteiger partial charge in [0.2, 0.25) is 0 Å². The minimum Gasteiger partial charge on any atom is -0.275 e. The highest BCUT2D eigenvalue weighted by Gasteiger charge is 2.17. The third kappa shape index (κ3) is 2.41. The number of aryl methyl sites for hydroxylation is 3. The van der Waals surface area contributed by atoms with Crippen molar-refractivity contribution in [2.45, 2.75) is 19.9 Å².